The van der Waals surface area contributed by atoms with Crippen LogP contribution in [0.4, 0.5) is 0 Å². The van der Waals surface area contributed by atoms with Crippen molar-refractivity contribution in [1.29, 1.82) is 5.31 Å². The van der Waals surface area contributed by atoms with Crippen LogP contribution in [-0.2, 0) is 13.6 Å². The van der Waals surface area contributed by atoms with Gasteiger partial charge in [0, 0.05) is 0 Å². The number of aromatic nitrogens is 1. The Morgan fingerprint density at radius 2 is 1.90 bits per heavy atom. The molecule has 172 valence electrons. The molecule has 10 nitrogen and oxygen atoms in total. The van der Waals surface area contributed by atoms with E-state index < -0.39 is 24.6 Å². The van der Waals surface area contributed by atoms with Crippen molar-refractivity contribution in [3.8, 4) is 5.75 Å². The molecule has 1 saturated carbocycles. The van der Waals surface area contributed by atoms with E-state index in [0.717, 1.165) is 0 Å². The van der Waals surface area contributed by atoms with Crippen molar-refractivity contribution in [2.45, 2.75) is 44.4 Å². The van der Waals surface area contributed by atoms with E-state index in [-0.39, 0.29) is 48.3 Å². The minimum Gasteiger partial charge on any atom is -0.197 e. The number of pyridine rings is 1. The summed E-state index contributed by atoms with van der Waals surface area (Å²) in [5.41, 5.74) is -1.63. The van der Waals surface area contributed by atoms with Crippen LogP contribution in [0.25, 0.3) is 0 Å². The summed E-state index contributed by atoms with van der Waals surface area (Å²) in [4.78, 5) is 27.4. The molecule has 1 unspecified atom stereocenters. The summed E-state index contributed by atoms with van der Waals surface area (Å²) in [5.74, 6) is -0.639. The van der Waals surface area contributed by atoms with Crippen molar-refractivity contribution in [2.24, 2.45) is 0 Å². The van der Waals surface area contributed by atoms with Gasteiger partial charge in [-0.3, -0.25) is 0 Å². The molecule has 1 aliphatic heterocycles. The van der Waals surface area contributed by atoms with E-state index in [2.05, 4.69) is 15.9 Å². The van der Waals surface area contributed by atoms with Crippen LogP contribution in [0.3, 0.4) is 0 Å². The summed E-state index contributed by atoms with van der Waals surface area (Å²) in [5, 5.41) is 9.06. The second kappa shape index (κ2) is 9.78. The van der Waals surface area contributed by atoms with Crippen molar-refractivity contribution in [3.63, 3.8) is 0 Å². The zero-order chi connectivity index (χ0) is 22.3. The van der Waals surface area contributed by atoms with Gasteiger partial charge in [-0.2, -0.15) is 13.5 Å². The summed E-state index contributed by atoms with van der Waals surface area (Å²) in [6.07, 6.45) is 3.00. The maximum Gasteiger partial charge on any atom is -0.197 e. The third-order valence-electron chi connectivity index (χ3n) is 5.84. The third kappa shape index (κ3) is 4.15. The predicted octanol–water partition coefficient (Wildman–Crippen LogP) is 2.65. The van der Waals surface area contributed by atoms with Gasteiger partial charge < -0.3 is 0 Å². The van der Waals surface area contributed by atoms with Crippen LogP contribution < -0.4 is 15.1 Å². The first-order chi connectivity index (χ1) is 14.2. The van der Waals surface area contributed by atoms with Crippen molar-refractivity contribution < 1.29 is 23.1 Å². The fourth-order valence-electron chi connectivity index (χ4n) is 4.37. The van der Waals surface area contributed by atoms with Crippen LogP contribution in [0.2, 0.25) is 0 Å². The minimum absolute atomic E-state index is 0. The summed E-state index contributed by atoms with van der Waals surface area (Å²) in [6.45, 7) is 4.08. The number of rotatable bonds is 7. The van der Waals surface area contributed by atoms with Gasteiger partial charge in [-0.15, -0.1) is 0 Å². The second-order valence-corrected chi connectivity index (χ2v) is 10.4. The Hall–Kier alpha value is -1.14. The van der Waals surface area contributed by atoms with Crippen LogP contribution in [-0.4, -0.2) is 61.4 Å². The maximum atomic E-state index is 13.4. The van der Waals surface area contributed by atoms with Gasteiger partial charge in [-0.25, -0.2) is 0 Å². The van der Waals surface area contributed by atoms with E-state index in [0.29, 0.717) is 26.5 Å². The molecule has 2 atom stereocenters. The molecule has 1 amide bonds. The number of nitrogens with zero attached hydrogens (tertiary/aromatic N) is 3. The molecular formula is C17H27BBrN4O6PS. The Bertz CT molecular complexity index is 971. The van der Waals surface area contributed by atoms with Crippen molar-refractivity contribution >= 4 is 50.2 Å². The van der Waals surface area contributed by atoms with E-state index in [9.17, 15) is 14.2 Å². The third-order valence-corrected chi connectivity index (χ3v) is 8.98. The van der Waals surface area contributed by atoms with Gasteiger partial charge in [0.25, 0.3) is 0 Å². The molecule has 1 spiro atoms. The van der Waals surface area contributed by atoms with Crippen molar-refractivity contribution in [1.82, 2.24) is 9.58 Å². The zero-order valence-electron chi connectivity index (χ0n) is 17.9. The molecule has 0 aromatic carbocycles. The molecule has 3 rings (SSSR count). The van der Waals surface area contributed by atoms with E-state index in [1.807, 2.05) is 5.01 Å². The summed E-state index contributed by atoms with van der Waals surface area (Å²) in [6, 6.07) is 0. The Balaban J connectivity index is 0.00000341. The largest absolute Gasteiger partial charge is 0.197 e. The first-order valence-electron chi connectivity index (χ1n) is 9.68. The van der Waals surface area contributed by atoms with Gasteiger partial charge in [0.2, 0.25) is 0 Å². The van der Waals surface area contributed by atoms with Crippen LogP contribution in [0.1, 0.15) is 43.6 Å². The number of carbonyl (C=O) groups is 1. The number of hydrogen-bond acceptors (Lipinski definition) is 8. The zero-order valence-corrected chi connectivity index (χ0v) is 21.4. The summed E-state index contributed by atoms with van der Waals surface area (Å²) >= 11 is 3.21. The molecule has 1 fully saturated rings. The second-order valence-electron chi connectivity index (χ2n) is 7.21. The van der Waals surface area contributed by atoms with Crippen molar-refractivity contribution in [2.75, 3.05) is 32.3 Å². The van der Waals surface area contributed by atoms with Crippen LogP contribution in [0.15, 0.2) is 15.5 Å². The molecule has 1 aromatic heterocycles. The van der Waals surface area contributed by atoms with Gasteiger partial charge in [0.05, 0.1) is 0 Å². The molecular weight excluding hydrogens is 510 g/mol. The quantitative estimate of drug-likeness (QED) is 0.421. The fourth-order valence-corrected chi connectivity index (χ4v) is 6.92. The average molecular weight is 537 g/mol. The van der Waals surface area contributed by atoms with E-state index >= 15 is 0 Å². The molecule has 14 heteroatoms. The van der Waals surface area contributed by atoms with Crippen LogP contribution >= 0.6 is 37.0 Å². The maximum absolute atomic E-state index is 13.4. The number of carbonyl (C=O) groups excluding carboxylic acids is 1. The molecule has 2 aliphatic rings. The van der Waals surface area contributed by atoms with Gasteiger partial charge in [-0.05, 0) is 0 Å². The van der Waals surface area contributed by atoms with Crippen molar-refractivity contribution in [3.05, 3.63) is 26.6 Å². The van der Waals surface area contributed by atoms with E-state index in [1.54, 1.807) is 37.5 Å². The van der Waals surface area contributed by atoms with Gasteiger partial charge in [0.1, 0.15) is 0 Å². The number of hydrogen-bond donors (Lipinski definition) is 1. The molecule has 31 heavy (non-hydrogen) atoms. The smallest absolute Gasteiger partial charge is 0.197 e. The normalized spacial score (nSPS) is 22.9. The summed E-state index contributed by atoms with van der Waals surface area (Å²) < 4.78 is 31.3. The molecule has 2 heterocycles. The Labute approximate surface area is 197 Å². The Morgan fingerprint density at radius 1 is 1.29 bits per heavy atom. The standard InChI is InChI=1S/C17H25BBrN4O6P.H2S/c1-5-27-30(26,28-6-2)11-7-8-17(9-11)21(3)16(25)13-15(29-18-20)14(24)12(19)10-23(13)22(17)4;/h10-11,20H,5-9H2,1-4H3;1H2/t11-,17?;/m0./s1. The fraction of sp³-hybridized carbons (Fsp3) is 0.647. The molecule has 0 bridgehead atoms. The Morgan fingerprint density at radius 3 is 2.45 bits per heavy atom. The number of halogens is 1. The van der Waals surface area contributed by atoms with Gasteiger partial charge in [-0.1, -0.05) is 0 Å². The monoisotopic (exact) mass is 536 g/mol. The average Bonchev–Trinajstić information content (AvgIpc) is 3.16. The van der Waals surface area contributed by atoms with E-state index in [1.165, 1.54) is 6.20 Å². The molecule has 1 aromatic rings. The molecule has 1 aliphatic carbocycles. The number of fused-ring (bicyclic) bond motifs is 1. The molecule has 0 radical (unpaired) electrons. The van der Waals surface area contributed by atoms with Gasteiger partial charge in [0.15, 0.2) is 0 Å². The van der Waals surface area contributed by atoms with Gasteiger partial charge >= 0.3 is 184 Å². The van der Waals surface area contributed by atoms with Crippen LogP contribution in [0, 0.1) is 5.31 Å². The first-order valence-corrected chi connectivity index (χ1v) is 12.1. The van der Waals surface area contributed by atoms with Crippen LogP contribution in [0.5, 0.6) is 5.75 Å². The van der Waals surface area contributed by atoms with E-state index in [4.69, 9.17) is 19.0 Å². The minimum atomic E-state index is -3.34. The molecule has 1 N–H and O–H groups in total. The number of nitrogens with one attached hydrogen (secondary N) is 1. The molecule has 0 saturated heterocycles. The SMILES string of the molecule is CCOP(=O)(OCC)[C@H]1CCC2(C1)N(C)C(=O)c1c(OB=N)c(=O)c(Br)cn1N2C.S. The first kappa shape index (κ1) is 26.1. The summed E-state index contributed by atoms with van der Waals surface area (Å²) in [7, 11) is 0.725. The number of amides is 1. The predicted molar refractivity (Wildman–Crippen MR) is 125 cm³/mol. The topological polar surface area (TPSA) is 114 Å². The Kier molecular flexibility index (Phi) is 8.24.